The smallest absolute Gasteiger partial charge is 0.276 e. The average molecular weight is 388 g/mol. The predicted molar refractivity (Wildman–Crippen MR) is 105 cm³/mol. The fraction of sp³-hybridized carbons (Fsp3) is 0.474. The third kappa shape index (κ3) is 3.45. The van der Waals surface area contributed by atoms with Crippen LogP contribution in [-0.2, 0) is 22.9 Å². The van der Waals surface area contributed by atoms with Gasteiger partial charge in [0.2, 0.25) is 10.0 Å². The number of H-pyrrole nitrogens is 1. The van der Waals surface area contributed by atoms with E-state index in [1.54, 1.807) is 12.1 Å². The summed E-state index contributed by atoms with van der Waals surface area (Å²) in [5.41, 5.74) is 4.58. The Kier molecular flexibility index (Phi) is 4.67. The maximum absolute atomic E-state index is 12.7. The van der Waals surface area contributed by atoms with Crippen LogP contribution < -0.4 is 9.62 Å². The van der Waals surface area contributed by atoms with E-state index in [9.17, 15) is 13.2 Å². The van der Waals surface area contributed by atoms with Gasteiger partial charge in [0.25, 0.3) is 5.91 Å². The molecule has 1 aliphatic heterocycles. The first kappa shape index (κ1) is 18.0. The second-order valence-electron chi connectivity index (χ2n) is 7.29. The molecular formula is C19H24N4O3S. The van der Waals surface area contributed by atoms with Gasteiger partial charge in [0, 0.05) is 23.5 Å². The molecule has 2 heterocycles. The first-order valence-electron chi connectivity index (χ1n) is 9.44. The van der Waals surface area contributed by atoms with E-state index in [1.165, 1.54) is 4.31 Å². The number of benzene rings is 1. The van der Waals surface area contributed by atoms with Crippen molar-refractivity contribution >= 4 is 27.3 Å². The van der Waals surface area contributed by atoms with E-state index in [4.69, 9.17) is 0 Å². The largest absolute Gasteiger partial charge is 0.321 e. The van der Waals surface area contributed by atoms with Gasteiger partial charge in [-0.1, -0.05) is 6.07 Å². The zero-order valence-electron chi connectivity index (χ0n) is 15.4. The fourth-order valence-corrected chi connectivity index (χ4v) is 5.57. The molecule has 0 radical (unpaired) electrons. The van der Waals surface area contributed by atoms with Crippen LogP contribution >= 0.6 is 0 Å². The molecule has 1 fully saturated rings. The van der Waals surface area contributed by atoms with Crippen LogP contribution in [0.2, 0.25) is 0 Å². The molecule has 0 atom stereocenters. The molecule has 0 bridgehead atoms. The number of carbonyl (C=O) groups is 1. The number of amides is 1. The third-order valence-electron chi connectivity index (χ3n) is 5.36. The highest BCUT2D eigenvalue weighted by atomic mass is 32.2. The van der Waals surface area contributed by atoms with E-state index in [1.807, 2.05) is 13.0 Å². The van der Waals surface area contributed by atoms with E-state index in [2.05, 4.69) is 15.5 Å². The number of aryl methyl sites for hydroxylation is 2. The highest BCUT2D eigenvalue weighted by Crippen LogP contribution is 2.30. The Morgan fingerprint density at radius 1 is 1.19 bits per heavy atom. The van der Waals surface area contributed by atoms with Crippen molar-refractivity contribution < 1.29 is 13.2 Å². The molecule has 1 aliphatic carbocycles. The van der Waals surface area contributed by atoms with Crippen LogP contribution in [-0.4, -0.2) is 36.8 Å². The van der Waals surface area contributed by atoms with E-state index in [-0.39, 0.29) is 11.7 Å². The molecule has 0 saturated carbocycles. The number of aromatic nitrogens is 2. The average Bonchev–Trinajstić information content (AvgIpc) is 3.07. The first-order valence-corrected chi connectivity index (χ1v) is 11.1. The third-order valence-corrected chi connectivity index (χ3v) is 7.21. The van der Waals surface area contributed by atoms with Crippen LogP contribution in [0.5, 0.6) is 0 Å². The zero-order valence-corrected chi connectivity index (χ0v) is 16.2. The molecule has 0 spiro atoms. The zero-order chi connectivity index (χ0) is 19.0. The molecule has 144 valence electrons. The standard InChI is InChI=1S/C19H24N4O3S/c1-13-8-9-14(12-17(13)23-10-4-5-11-27(23,25)26)20-19(24)18-15-6-2-3-7-16(15)21-22-18/h8-9,12H,2-7,10-11H2,1H3,(H,20,24)(H,21,22). The summed E-state index contributed by atoms with van der Waals surface area (Å²) in [4.78, 5) is 12.7. The van der Waals surface area contributed by atoms with Crippen molar-refractivity contribution in [3.05, 3.63) is 40.7 Å². The highest BCUT2D eigenvalue weighted by molar-refractivity contribution is 7.92. The number of fused-ring (bicyclic) bond motifs is 1. The monoisotopic (exact) mass is 388 g/mol. The van der Waals surface area contributed by atoms with Gasteiger partial charge in [0.15, 0.2) is 5.69 Å². The summed E-state index contributed by atoms with van der Waals surface area (Å²) in [5, 5.41) is 10.1. The number of rotatable bonds is 3. The van der Waals surface area contributed by atoms with Crippen molar-refractivity contribution in [3.8, 4) is 0 Å². The van der Waals surface area contributed by atoms with Gasteiger partial charge in [-0.15, -0.1) is 0 Å². The van der Waals surface area contributed by atoms with Gasteiger partial charge in [-0.3, -0.25) is 14.2 Å². The van der Waals surface area contributed by atoms with Crippen LogP contribution in [0.4, 0.5) is 11.4 Å². The summed E-state index contributed by atoms with van der Waals surface area (Å²) in [6.45, 7) is 2.36. The van der Waals surface area contributed by atoms with Gasteiger partial charge in [-0.05, 0) is 63.1 Å². The molecule has 8 heteroatoms. The first-order chi connectivity index (χ1) is 13.0. The van der Waals surface area contributed by atoms with Gasteiger partial charge in [0.1, 0.15) is 0 Å². The Labute approximate surface area is 159 Å². The van der Waals surface area contributed by atoms with Crippen molar-refractivity contribution in [2.75, 3.05) is 21.9 Å². The Morgan fingerprint density at radius 2 is 2.00 bits per heavy atom. The van der Waals surface area contributed by atoms with Gasteiger partial charge < -0.3 is 5.32 Å². The highest BCUT2D eigenvalue weighted by Gasteiger charge is 2.28. The molecule has 1 amide bonds. The summed E-state index contributed by atoms with van der Waals surface area (Å²) in [6.07, 6.45) is 5.50. The molecule has 4 rings (SSSR count). The van der Waals surface area contributed by atoms with E-state index in [0.717, 1.165) is 48.9 Å². The van der Waals surface area contributed by atoms with E-state index < -0.39 is 10.0 Å². The van der Waals surface area contributed by atoms with Crippen molar-refractivity contribution in [1.29, 1.82) is 0 Å². The van der Waals surface area contributed by atoms with Gasteiger partial charge in [0.05, 0.1) is 11.4 Å². The number of nitrogens with one attached hydrogen (secondary N) is 2. The second kappa shape index (κ2) is 6.99. The lowest BCUT2D eigenvalue weighted by Crippen LogP contribution is -2.38. The predicted octanol–water partition coefficient (Wildman–Crippen LogP) is 2.78. The lowest BCUT2D eigenvalue weighted by atomic mass is 9.96. The number of hydrogen-bond acceptors (Lipinski definition) is 4. The van der Waals surface area contributed by atoms with Crippen LogP contribution in [0.15, 0.2) is 18.2 Å². The minimum absolute atomic E-state index is 0.169. The number of aromatic amines is 1. The minimum Gasteiger partial charge on any atom is -0.321 e. The molecule has 2 aliphatic rings. The number of hydrogen-bond donors (Lipinski definition) is 2. The topological polar surface area (TPSA) is 95.2 Å². The van der Waals surface area contributed by atoms with Gasteiger partial charge in [-0.2, -0.15) is 5.10 Å². The Morgan fingerprint density at radius 3 is 2.81 bits per heavy atom. The molecule has 1 saturated heterocycles. The van der Waals surface area contributed by atoms with E-state index >= 15 is 0 Å². The van der Waals surface area contributed by atoms with Crippen LogP contribution in [0, 0.1) is 6.92 Å². The Hall–Kier alpha value is -2.35. The quantitative estimate of drug-likeness (QED) is 0.845. The maximum Gasteiger partial charge on any atom is 0.276 e. The molecule has 27 heavy (non-hydrogen) atoms. The summed E-state index contributed by atoms with van der Waals surface area (Å²) in [6, 6.07) is 5.39. The SMILES string of the molecule is Cc1ccc(NC(=O)c2n[nH]c3c2CCCC3)cc1N1CCCCS1(=O)=O. The summed E-state index contributed by atoms with van der Waals surface area (Å²) in [7, 11) is -3.30. The van der Waals surface area contributed by atoms with Crippen molar-refractivity contribution in [3.63, 3.8) is 0 Å². The lowest BCUT2D eigenvalue weighted by Gasteiger charge is -2.29. The summed E-state index contributed by atoms with van der Waals surface area (Å²) < 4.78 is 26.3. The fourth-order valence-electron chi connectivity index (χ4n) is 3.87. The normalized spacial score (nSPS) is 18.8. The van der Waals surface area contributed by atoms with Crippen LogP contribution in [0.1, 0.15) is 53.0 Å². The van der Waals surface area contributed by atoms with Crippen molar-refractivity contribution in [2.45, 2.75) is 45.4 Å². The van der Waals surface area contributed by atoms with E-state index in [0.29, 0.717) is 30.0 Å². The lowest BCUT2D eigenvalue weighted by molar-refractivity contribution is 0.102. The molecule has 1 aromatic carbocycles. The molecule has 0 unspecified atom stereocenters. The second-order valence-corrected chi connectivity index (χ2v) is 9.30. The molecule has 2 N–H and O–H groups in total. The van der Waals surface area contributed by atoms with Gasteiger partial charge in [-0.25, -0.2) is 8.42 Å². The Balaban J connectivity index is 1.60. The molecule has 2 aromatic rings. The van der Waals surface area contributed by atoms with Gasteiger partial charge >= 0.3 is 0 Å². The molecular weight excluding hydrogens is 364 g/mol. The number of sulfonamides is 1. The maximum atomic E-state index is 12.7. The Bertz CT molecular complexity index is 981. The van der Waals surface area contributed by atoms with Crippen molar-refractivity contribution in [1.82, 2.24) is 10.2 Å². The number of nitrogens with zero attached hydrogens (tertiary/aromatic N) is 2. The minimum atomic E-state index is -3.30. The van der Waals surface area contributed by atoms with Crippen LogP contribution in [0.3, 0.4) is 0 Å². The molecule has 1 aromatic heterocycles. The van der Waals surface area contributed by atoms with Crippen LogP contribution in [0.25, 0.3) is 0 Å². The van der Waals surface area contributed by atoms with Crippen molar-refractivity contribution in [2.24, 2.45) is 0 Å². The number of anilines is 2. The number of carbonyl (C=O) groups excluding carboxylic acids is 1. The summed E-state index contributed by atoms with van der Waals surface area (Å²) >= 11 is 0. The molecule has 7 nitrogen and oxygen atoms in total. The summed E-state index contributed by atoms with van der Waals surface area (Å²) in [5.74, 6) is -0.0895.